The van der Waals surface area contributed by atoms with E-state index in [1.165, 1.54) is 63.4 Å². The van der Waals surface area contributed by atoms with Gasteiger partial charge in [0.25, 0.3) is 0 Å². The van der Waals surface area contributed by atoms with Crippen molar-refractivity contribution in [2.24, 2.45) is 5.92 Å². The molecule has 1 atom stereocenters. The number of rotatable bonds is 9. The van der Waals surface area contributed by atoms with Crippen molar-refractivity contribution in [3.63, 3.8) is 0 Å². The molecule has 1 aliphatic rings. The van der Waals surface area contributed by atoms with Crippen LogP contribution in [0.3, 0.4) is 0 Å². The summed E-state index contributed by atoms with van der Waals surface area (Å²) in [4.78, 5) is 0. The average Bonchev–Trinajstić information content (AvgIpc) is 2.42. The Bertz CT molecular complexity index is 216. The van der Waals surface area contributed by atoms with E-state index in [0.29, 0.717) is 6.04 Å². The van der Waals surface area contributed by atoms with Crippen LogP contribution >= 0.6 is 0 Å². The first-order chi connectivity index (χ1) is 8.76. The third-order valence-corrected chi connectivity index (χ3v) is 4.37. The minimum Gasteiger partial charge on any atom is -0.314 e. The summed E-state index contributed by atoms with van der Waals surface area (Å²) < 4.78 is 0. The molecule has 18 heavy (non-hydrogen) atoms. The van der Waals surface area contributed by atoms with Gasteiger partial charge in [-0.05, 0) is 44.6 Å². The molecule has 0 aromatic carbocycles. The van der Waals surface area contributed by atoms with Gasteiger partial charge in [0.15, 0.2) is 0 Å². The zero-order valence-electron chi connectivity index (χ0n) is 12.6. The molecule has 1 rings (SSSR count). The van der Waals surface area contributed by atoms with E-state index < -0.39 is 0 Å². The topological polar surface area (TPSA) is 12.0 Å². The highest BCUT2D eigenvalue weighted by atomic mass is 14.9. The minimum absolute atomic E-state index is 0.680. The highest BCUT2D eigenvalue weighted by Gasteiger charge is 2.16. The summed E-state index contributed by atoms with van der Waals surface area (Å²) in [5.41, 5.74) is 1.41. The van der Waals surface area contributed by atoms with Gasteiger partial charge in [-0.2, -0.15) is 0 Å². The van der Waals surface area contributed by atoms with Crippen molar-refractivity contribution in [2.75, 3.05) is 6.54 Å². The van der Waals surface area contributed by atoms with E-state index >= 15 is 0 Å². The molecule has 106 valence electrons. The Morgan fingerprint density at radius 1 is 1.22 bits per heavy atom. The zero-order valence-corrected chi connectivity index (χ0v) is 12.6. The van der Waals surface area contributed by atoms with E-state index in [0.717, 1.165) is 18.9 Å². The molecule has 0 heterocycles. The van der Waals surface area contributed by atoms with Crippen molar-refractivity contribution in [3.05, 3.63) is 12.2 Å². The summed E-state index contributed by atoms with van der Waals surface area (Å²) in [6, 6.07) is 0.680. The van der Waals surface area contributed by atoms with Gasteiger partial charge < -0.3 is 5.32 Å². The zero-order chi connectivity index (χ0) is 13.2. The Morgan fingerprint density at radius 3 is 2.56 bits per heavy atom. The molecule has 0 bridgehead atoms. The number of hydrogen-bond donors (Lipinski definition) is 1. The lowest BCUT2D eigenvalue weighted by molar-refractivity contribution is 0.312. The van der Waals surface area contributed by atoms with Crippen LogP contribution in [0, 0.1) is 5.92 Å². The molecular formula is C17H33N. The van der Waals surface area contributed by atoms with Gasteiger partial charge in [0.1, 0.15) is 0 Å². The van der Waals surface area contributed by atoms with Crippen molar-refractivity contribution >= 4 is 0 Å². The predicted octanol–water partition coefficient (Wildman–Crippen LogP) is 5.07. The summed E-state index contributed by atoms with van der Waals surface area (Å²) in [6.45, 7) is 9.81. The SMILES string of the molecule is C=C(CC)CC(CCC1CCCCC1)NCCC. The first kappa shape index (κ1) is 15.8. The van der Waals surface area contributed by atoms with Crippen LogP contribution in [-0.4, -0.2) is 12.6 Å². The Kier molecular flexibility index (Phi) is 8.41. The van der Waals surface area contributed by atoms with Crippen LogP contribution in [0.15, 0.2) is 12.2 Å². The smallest absolute Gasteiger partial charge is 0.0104 e. The van der Waals surface area contributed by atoms with E-state index in [9.17, 15) is 0 Å². The quantitative estimate of drug-likeness (QED) is 0.564. The second-order valence-electron chi connectivity index (χ2n) is 6.04. The first-order valence-electron chi connectivity index (χ1n) is 8.16. The summed E-state index contributed by atoms with van der Waals surface area (Å²) in [7, 11) is 0. The molecule has 0 spiro atoms. The van der Waals surface area contributed by atoms with Crippen molar-refractivity contribution in [1.29, 1.82) is 0 Å². The lowest BCUT2D eigenvalue weighted by atomic mass is 9.84. The maximum Gasteiger partial charge on any atom is 0.0104 e. The monoisotopic (exact) mass is 251 g/mol. The first-order valence-corrected chi connectivity index (χ1v) is 8.16. The van der Waals surface area contributed by atoms with Gasteiger partial charge in [0.05, 0.1) is 0 Å². The summed E-state index contributed by atoms with van der Waals surface area (Å²) in [5, 5.41) is 3.71. The van der Waals surface area contributed by atoms with Crippen molar-refractivity contribution in [3.8, 4) is 0 Å². The molecule has 0 aromatic rings. The second-order valence-corrected chi connectivity index (χ2v) is 6.04. The van der Waals surface area contributed by atoms with Crippen molar-refractivity contribution in [1.82, 2.24) is 5.32 Å². The molecule has 0 radical (unpaired) electrons. The van der Waals surface area contributed by atoms with Gasteiger partial charge in [0.2, 0.25) is 0 Å². The third kappa shape index (κ3) is 6.58. The molecule has 1 heteroatoms. The van der Waals surface area contributed by atoms with Crippen LogP contribution in [0.4, 0.5) is 0 Å². The normalized spacial score (nSPS) is 18.8. The van der Waals surface area contributed by atoms with Gasteiger partial charge in [-0.15, -0.1) is 0 Å². The Labute approximate surface area is 114 Å². The van der Waals surface area contributed by atoms with E-state index in [4.69, 9.17) is 0 Å². The molecule has 1 unspecified atom stereocenters. The molecule has 0 aliphatic heterocycles. The minimum atomic E-state index is 0.680. The average molecular weight is 251 g/mol. The van der Waals surface area contributed by atoms with E-state index in [1.54, 1.807) is 0 Å². The molecule has 1 saturated carbocycles. The van der Waals surface area contributed by atoms with Crippen molar-refractivity contribution in [2.45, 2.75) is 84.1 Å². The van der Waals surface area contributed by atoms with Crippen LogP contribution in [0.25, 0.3) is 0 Å². The van der Waals surface area contributed by atoms with Crippen LogP contribution < -0.4 is 5.32 Å². The fourth-order valence-electron chi connectivity index (χ4n) is 3.03. The molecule has 1 aliphatic carbocycles. The maximum absolute atomic E-state index is 4.18. The van der Waals surface area contributed by atoms with Crippen LogP contribution in [-0.2, 0) is 0 Å². The maximum atomic E-state index is 4.18. The van der Waals surface area contributed by atoms with Crippen LogP contribution in [0.2, 0.25) is 0 Å². The van der Waals surface area contributed by atoms with Gasteiger partial charge in [0, 0.05) is 6.04 Å². The van der Waals surface area contributed by atoms with Crippen molar-refractivity contribution < 1.29 is 0 Å². The highest BCUT2D eigenvalue weighted by molar-refractivity contribution is 4.96. The fraction of sp³-hybridized carbons (Fsp3) is 0.882. The molecular weight excluding hydrogens is 218 g/mol. The van der Waals surface area contributed by atoms with E-state index in [2.05, 4.69) is 25.7 Å². The standard InChI is InChI=1S/C17H33N/c1-4-13-18-17(14-15(3)5-2)12-11-16-9-7-6-8-10-16/h16-18H,3-14H2,1-2H3. The van der Waals surface area contributed by atoms with Crippen LogP contribution in [0.1, 0.15) is 78.1 Å². The lowest BCUT2D eigenvalue weighted by Crippen LogP contribution is -2.30. The van der Waals surface area contributed by atoms with Gasteiger partial charge in [-0.1, -0.05) is 58.1 Å². The van der Waals surface area contributed by atoms with Gasteiger partial charge in [-0.3, -0.25) is 0 Å². The Hall–Kier alpha value is -0.300. The molecule has 1 nitrogen and oxygen atoms in total. The van der Waals surface area contributed by atoms with E-state index in [1.807, 2.05) is 0 Å². The lowest BCUT2D eigenvalue weighted by Gasteiger charge is -2.25. The molecule has 0 aromatic heterocycles. The molecule has 0 saturated heterocycles. The molecule has 1 N–H and O–H groups in total. The Morgan fingerprint density at radius 2 is 1.94 bits per heavy atom. The van der Waals surface area contributed by atoms with Gasteiger partial charge >= 0.3 is 0 Å². The van der Waals surface area contributed by atoms with Crippen LogP contribution in [0.5, 0.6) is 0 Å². The second kappa shape index (κ2) is 9.61. The van der Waals surface area contributed by atoms with Gasteiger partial charge in [-0.25, -0.2) is 0 Å². The highest BCUT2D eigenvalue weighted by Crippen LogP contribution is 2.28. The number of hydrogen-bond acceptors (Lipinski definition) is 1. The number of nitrogens with one attached hydrogen (secondary N) is 1. The van der Waals surface area contributed by atoms with E-state index in [-0.39, 0.29) is 0 Å². The third-order valence-electron chi connectivity index (χ3n) is 4.37. The predicted molar refractivity (Wildman–Crippen MR) is 81.9 cm³/mol. The Balaban J connectivity index is 2.27. The largest absolute Gasteiger partial charge is 0.314 e. The summed E-state index contributed by atoms with van der Waals surface area (Å²) >= 11 is 0. The molecule has 1 fully saturated rings. The fourth-order valence-corrected chi connectivity index (χ4v) is 3.03. The summed E-state index contributed by atoms with van der Waals surface area (Å²) in [5.74, 6) is 1.01. The summed E-state index contributed by atoms with van der Waals surface area (Å²) in [6.07, 6.45) is 13.7. The molecule has 0 amide bonds.